The van der Waals surface area contributed by atoms with Gasteiger partial charge in [-0.25, -0.2) is 0 Å². The molecule has 0 saturated carbocycles. The van der Waals surface area contributed by atoms with E-state index in [1.165, 1.54) is 0 Å². The molecule has 23 heavy (non-hydrogen) atoms. The summed E-state index contributed by atoms with van der Waals surface area (Å²) in [5.41, 5.74) is 0.959. The third-order valence-corrected chi connectivity index (χ3v) is 3.43. The van der Waals surface area contributed by atoms with Crippen molar-refractivity contribution in [1.29, 1.82) is 0 Å². The fourth-order valence-corrected chi connectivity index (χ4v) is 2.24. The summed E-state index contributed by atoms with van der Waals surface area (Å²) in [4.78, 5) is 14.3. The maximum Gasteiger partial charge on any atom is 0.227 e. The number of hydrogen-bond donors (Lipinski definition) is 0. The van der Waals surface area contributed by atoms with Gasteiger partial charge in [-0.1, -0.05) is 12.1 Å². The molecule has 0 radical (unpaired) electrons. The summed E-state index contributed by atoms with van der Waals surface area (Å²) in [6, 6.07) is 11.3. The van der Waals surface area contributed by atoms with Gasteiger partial charge in [-0.05, 0) is 36.8 Å². The minimum atomic E-state index is 0.0441. The zero-order valence-electron chi connectivity index (χ0n) is 13.7. The minimum Gasteiger partial charge on any atom is -0.494 e. The molecule has 0 aliphatic heterocycles. The summed E-state index contributed by atoms with van der Waals surface area (Å²) in [7, 11) is 1.63. The van der Waals surface area contributed by atoms with Gasteiger partial charge in [0, 0.05) is 13.7 Å². The van der Waals surface area contributed by atoms with Gasteiger partial charge in [0.25, 0.3) is 0 Å². The number of ether oxygens (including phenoxy) is 2. The number of carbonyl (C=O) groups excluding carboxylic acids is 1. The summed E-state index contributed by atoms with van der Waals surface area (Å²) in [6.45, 7) is 4.06. The normalized spacial score (nSPS) is 10.5. The lowest BCUT2D eigenvalue weighted by Crippen LogP contribution is -2.34. The van der Waals surface area contributed by atoms with E-state index < -0.39 is 0 Å². The number of nitrogens with zero attached hydrogens (tertiary/aromatic N) is 1. The van der Waals surface area contributed by atoms with Crippen LogP contribution in [-0.2, 0) is 22.5 Å². The molecular formula is C18H23NO4. The number of rotatable bonds is 9. The Morgan fingerprint density at radius 3 is 2.61 bits per heavy atom. The molecule has 1 aromatic heterocycles. The topological polar surface area (TPSA) is 51.9 Å². The van der Waals surface area contributed by atoms with E-state index in [9.17, 15) is 4.79 Å². The lowest BCUT2D eigenvalue weighted by molar-refractivity contribution is -0.132. The van der Waals surface area contributed by atoms with Gasteiger partial charge in [0.2, 0.25) is 5.91 Å². The van der Waals surface area contributed by atoms with Crippen molar-refractivity contribution in [3.63, 3.8) is 0 Å². The Balaban J connectivity index is 1.98. The molecule has 0 N–H and O–H groups in total. The third-order valence-electron chi connectivity index (χ3n) is 3.43. The van der Waals surface area contributed by atoms with Crippen LogP contribution in [0.3, 0.4) is 0 Å². The van der Waals surface area contributed by atoms with Crippen LogP contribution in [-0.4, -0.2) is 37.7 Å². The zero-order chi connectivity index (χ0) is 16.5. The van der Waals surface area contributed by atoms with Crippen molar-refractivity contribution >= 4 is 5.91 Å². The smallest absolute Gasteiger partial charge is 0.227 e. The molecule has 124 valence electrons. The highest BCUT2D eigenvalue weighted by Crippen LogP contribution is 2.14. The molecule has 0 aliphatic rings. The van der Waals surface area contributed by atoms with Crippen LogP contribution in [0, 0.1) is 0 Å². The Morgan fingerprint density at radius 2 is 2.00 bits per heavy atom. The van der Waals surface area contributed by atoms with Gasteiger partial charge in [-0.3, -0.25) is 4.79 Å². The van der Waals surface area contributed by atoms with E-state index >= 15 is 0 Å². The molecule has 0 fully saturated rings. The number of amides is 1. The van der Waals surface area contributed by atoms with Crippen LogP contribution in [0.4, 0.5) is 0 Å². The molecule has 0 spiro atoms. The standard InChI is InChI=1S/C18H23NO4/c1-3-22-16-8-6-15(7-9-16)13-18(20)19(10-12-21-2)14-17-5-4-11-23-17/h4-9,11H,3,10,12-14H2,1-2H3. The fraction of sp³-hybridized carbons (Fsp3) is 0.389. The number of methoxy groups -OCH3 is 1. The van der Waals surface area contributed by atoms with Gasteiger partial charge < -0.3 is 18.8 Å². The molecule has 5 heteroatoms. The van der Waals surface area contributed by atoms with Crippen molar-refractivity contribution in [1.82, 2.24) is 4.90 Å². The van der Waals surface area contributed by atoms with E-state index in [-0.39, 0.29) is 5.91 Å². The van der Waals surface area contributed by atoms with Gasteiger partial charge in [0.05, 0.1) is 32.4 Å². The van der Waals surface area contributed by atoms with Crippen molar-refractivity contribution in [3.05, 3.63) is 54.0 Å². The van der Waals surface area contributed by atoms with E-state index in [0.717, 1.165) is 17.1 Å². The first kappa shape index (κ1) is 17.1. The van der Waals surface area contributed by atoms with Crippen LogP contribution in [0.1, 0.15) is 18.2 Å². The van der Waals surface area contributed by atoms with Crippen LogP contribution in [0.2, 0.25) is 0 Å². The van der Waals surface area contributed by atoms with Gasteiger partial charge >= 0.3 is 0 Å². The van der Waals surface area contributed by atoms with Gasteiger partial charge in [0.15, 0.2) is 0 Å². The molecular weight excluding hydrogens is 294 g/mol. The van der Waals surface area contributed by atoms with E-state index in [2.05, 4.69) is 0 Å². The number of hydrogen-bond acceptors (Lipinski definition) is 4. The number of furan rings is 1. The van der Waals surface area contributed by atoms with Crippen molar-refractivity contribution < 1.29 is 18.7 Å². The maximum absolute atomic E-state index is 12.6. The molecule has 0 aliphatic carbocycles. The molecule has 2 rings (SSSR count). The monoisotopic (exact) mass is 317 g/mol. The average Bonchev–Trinajstić information content (AvgIpc) is 3.06. The van der Waals surface area contributed by atoms with Crippen molar-refractivity contribution in [2.24, 2.45) is 0 Å². The summed E-state index contributed by atoms with van der Waals surface area (Å²) < 4.78 is 15.8. The fourth-order valence-electron chi connectivity index (χ4n) is 2.24. The molecule has 0 saturated heterocycles. The second-order valence-corrected chi connectivity index (χ2v) is 5.14. The van der Waals surface area contributed by atoms with Crippen LogP contribution in [0.5, 0.6) is 5.75 Å². The van der Waals surface area contributed by atoms with Gasteiger partial charge in [-0.2, -0.15) is 0 Å². The highest BCUT2D eigenvalue weighted by atomic mass is 16.5. The van der Waals surface area contributed by atoms with Gasteiger partial charge in [-0.15, -0.1) is 0 Å². The van der Waals surface area contributed by atoms with Crippen LogP contribution < -0.4 is 4.74 Å². The minimum absolute atomic E-state index is 0.0441. The Bertz CT molecular complexity index is 578. The second kappa shape index (κ2) is 9.00. The highest BCUT2D eigenvalue weighted by molar-refractivity contribution is 5.78. The van der Waals surface area contributed by atoms with Crippen LogP contribution >= 0.6 is 0 Å². The largest absolute Gasteiger partial charge is 0.494 e. The molecule has 0 bridgehead atoms. The van der Waals surface area contributed by atoms with E-state index in [4.69, 9.17) is 13.9 Å². The summed E-state index contributed by atoms with van der Waals surface area (Å²) in [5.74, 6) is 1.62. The summed E-state index contributed by atoms with van der Waals surface area (Å²) in [5, 5.41) is 0. The van der Waals surface area contributed by atoms with Crippen molar-refractivity contribution in [2.45, 2.75) is 19.9 Å². The molecule has 1 heterocycles. The summed E-state index contributed by atoms with van der Waals surface area (Å²) in [6.07, 6.45) is 1.96. The van der Waals surface area contributed by atoms with Crippen molar-refractivity contribution in [3.8, 4) is 5.75 Å². The molecule has 1 amide bonds. The Hall–Kier alpha value is -2.27. The highest BCUT2D eigenvalue weighted by Gasteiger charge is 2.15. The SMILES string of the molecule is CCOc1ccc(CC(=O)N(CCOC)Cc2ccco2)cc1. The first-order valence-corrected chi connectivity index (χ1v) is 7.73. The lowest BCUT2D eigenvalue weighted by atomic mass is 10.1. The predicted molar refractivity (Wildman–Crippen MR) is 87.3 cm³/mol. The molecule has 2 aromatic rings. The van der Waals surface area contributed by atoms with E-state index in [1.807, 2.05) is 43.3 Å². The second-order valence-electron chi connectivity index (χ2n) is 5.14. The Labute approximate surface area is 136 Å². The Kier molecular flexibility index (Phi) is 6.69. The van der Waals surface area contributed by atoms with Crippen LogP contribution in [0.25, 0.3) is 0 Å². The average molecular weight is 317 g/mol. The molecule has 1 aromatic carbocycles. The number of carbonyl (C=O) groups is 1. The first-order chi connectivity index (χ1) is 11.2. The Morgan fingerprint density at radius 1 is 1.22 bits per heavy atom. The molecule has 0 atom stereocenters. The maximum atomic E-state index is 12.6. The third kappa shape index (κ3) is 5.45. The quantitative estimate of drug-likeness (QED) is 0.713. The van der Waals surface area contributed by atoms with Gasteiger partial charge in [0.1, 0.15) is 11.5 Å². The molecule has 0 unspecified atom stereocenters. The first-order valence-electron chi connectivity index (χ1n) is 7.73. The van der Waals surface area contributed by atoms with E-state index in [1.54, 1.807) is 18.3 Å². The van der Waals surface area contributed by atoms with Crippen molar-refractivity contribution in [2.75, 3.05) is 26.9 Å². The van der Waals surface area contributed by atoms with E-state index in [0.29, 0.717) is 32.7 Å². The lowest BCUT2D eigenvalue weighted by Gasteiger charge is -2.21. The predicted octanol–water partition coefficient (Wildman–Crippen LogP) is 2.90. The molecule has 5 nitrogen and oxygen atoms in total. The van der Waals surface area contributed by atoms with Crippen LogP contribution in [0.15, 0.2) is 47.1 Å². The summed E-state index contributed by atoms with van der Waals surface area (Å²) >= 11 is 0. The zero-order valence-corrected chi connectivity index (χ0v) is 13.7. The number of benzene rings is 1.